The first-order valence-electron chi connectivity index (χ1n) is 9.48. The number of ether oxygens (including phenoxy) is 1. The fourth-order valence-electron chi connectivity index (χ4n) is 3.40. The van der Waals surface area contributed by atoms with Crippen molar-refractivity contribution in [2.75, 3.05) is 14.2 Å². The Labute approximate surface area is 166 Å². The van der Waals surface area contributed by atoms with E-state index in [1.807, 2.05) is 74.5 Å². The van der Waals surface area contributed by atoms with E-state index in [0.717, 1.165) is 11.1 Å². The number of methoxy groups -OCH3 is 1. The molecule has 0 aliphatic heterocycles. The molecule has 0 bridgehead atoms. The third-order valence-corrected chi connectivity index (χ3v) is 5.27. The average molecular weight is 383 g/mol. The van der Waals surface area contributed by atoms with Crippen LogP contribution in [0.1, 0.15) is 43.4 Å². The van der Waals surface area contributed by atoms with Gasteiger partial charge in [0.2, 0.25) is 5.91 Å². The highest BCUT2D eigenvalue weighted by Gasteiger charge is 2.34. The summed E-state index contributed by atoms with van der Waals surface area (Å²) in [7, 11) is 3.04. The summed E-state index contributed by atoms with van der Waals surface area (Å²) in [5.74, 6) is -1.23. The van der Waals surface area contributed by atoms with Crippen molar-refractivity contribution in [2.45, 2.75) is 38.3 Å². The molecule has 0 radical (unpaired) electrons. The van der Waals surface area contributed by atoms with Crippen LogP contribution in [0, 0.1) is 5.92 Å². The molecular formula is C23H29NO4. The number of esters is 1. The molecule has 0 aliphatic rings. The summed E-state index contributed by atoms with van der Waals surface area (Å²) in [5, 5.41) is 10.7. The molecule has 5 nitrogen and oxygen atoms in total. The predicted octanol–water partition coefficient (Wildman–Crippen LogP) is 3.55. The van der Waals surface area contributed by atoms with Gasteiger partial charge in [-0.1, -0.05) is 67.6 Å². The molecule has 2 aromatic rings. The maximum absolute atomic E-state index is 13.4. The molecule has 0 unspecified atom stereocenters. The minimum absolute atomic E-state index is 0.134. The number of aliphatic hydroxyl groups excluding tert-OH is 1. The number of carbonyl (C=O) groups excluding carboxylic acids is 2. The average Bonchev–Trinajstić information content (AvgIpc) is 2.73. The van der Waals surface area contributed by atoms with E-state index in [4.69, 9.17) is 4.74 Å². The van der Waals surface area contributed by atoms with Crippen LogP contribution < -0.4 is 0 Å². The molecular weight excluding hydrogens is 354 g/mol. The fourth-order valence-corrected chi connectivity index (χ4v) is 3.40. The summed E-state index contributed by atoms with van der Waals surface area (Å²) in [6, 6.07) is 18.3. The first-order valence-corrected chi connectivity index (χ1v) is 9.48. The zero-order chi connectivity index (χ0) is 20.7. The summed E-state index contributed by atoms with van der Waals surface area (Å²) in [6.45, 7) is 3.70. The van der Waals surface area contributed by atoms with Crippen molar-refractivity contribution in [3.05, 3.63) is 71.8 Å². The highest BCUT2D eigenvalue weighted by molar-refractivity contribution is 5.85. The zero-order valence-electron chi connectivity index (χ0n) is 16.9. The van der Waals surface area contributed by atoms with Gasteiger partial charge in [0.05, 0.1) is 25.2 Å². The van der Waals surface area contributed by atoms with Crippen molar-refractivity contribution in [3.8, 4) is 0 Å². The maximum Gasteiger partial charge on any atom is 0.305 e. The van der Waals surface area contributed by atoms with Gasteiger partial charge in [0, 0.05) is 13.5 Å². The number of benzene rings is 2. The third kappa shape index (κ3) is 5.20. The molecule has 1 amide bonds. The smallest absolute Gasteiger partial charge is 0.305 e. The Balaban J connectivity index is 2.26. The minimum atomic E-state index is -0.803. The summed E-state index contributed by atoms with van der Waals surface area (Å²) >= 11 is 0. The van der Waals surface area contributed by atoms with Crippen LogP contribution in [-0.2, 0) is 14.3 Å². The van der Waals surface area contributed by atoms with E-state index in [2.05, 4.69) is 0 Å². The Morgan fingerprint density at radius 1 is 0.964 bits per heavy atom. The third-order valence-electron chi connectivity index (χ3n) is 5.27. The Morgan fingerprint density at radius 2 is 1.46 bits per heavy atom. The highest BCUT2D eigenvalue weighted by atomic mass is 16.5. The van der Waals surface area contributed by atoms with E-state index in [-0.39, 0.29) is 24.2 Å². The van der Waals surface area contributed by atoms with Gasteiger partial charge in [-0.05, 0) is 24.0 Å². The van der Waals surface area contributed by atoms with Gasteiger partial charge in [0.1, 0.15) is 0 Å². The second-order valence-electron chi connectivity index (χ2n) is 7.19. The van der Waals surface area contributed by atoms with Crippen molar-refractivity contribution in [1.29, 1.82) is 0 Å². The zero-order valence-corrected chi connectivity index (χ0v) is 16.9. The second kappa shape index (κ2) is 10.0. The van der Waals surface area contributed by atoms with Gasteiger partial charge in [0.15, 0.2) is 0 Å². The lowest BCUT2D eigenvalue weighted by Crippen LogP contribution is -2.43. The van der Waals surface area contributed by atoms with E-state index in [9.17, 15) is 14.7 Å². The van der Waals surface area contributed by atoms with Crippen LogP contribution in [0.15, 0.2) is 60.7 Å². The predicted molar refractivity (Wildman–Crippen MR) is 109 cm³/mol. The van der Waals surface area contributed by atoms with Crippen molar-refractivity contribution in [1.82, 2.24) is 4.90 Å². The maximum atomic E-state index is 13.4. The molecule has 4 atom stereocenters. The van der Waals surface area contributed by atoms with Crippen molar-refractivity contribution in [3.63, 3.8) is 0 Å². The second-order valence-corrected chi connectivity index (χ2v) is 7.19. The Kier molecular flexibility index (Phi) is 7.76. The van der Waals surface area contributed by atoms with E-state index in [0.29, 0.717) is 0 Å². The molecule has 150 valence electrons. The Bertz CT molecular complexity index is 763. The molecule has 0 aromatic heterocycles. The van der Waals surface area contributed by atoms with E-state index >= 15 is 0 Å². The van der Waals surface area contributed by atoms with E-state index in [1.165, 1.54) is 7.11 Å². The van der Waals surface area contributed by atoms with E-state index < -0.39 is 18.1 Å². The molecule has 5 heteroatoms. The van der Waals surface area contributed by atoms with Crippen LogP contribution >= 0.6 is 0 Å². The van der Waals surface area contributed by atoms with Crippen LogP contribution in [0.3, 0.4) is 0 Å². The molecule has 0 saturated heterocycles. The molecule has 28 heavy (non-hydrogen) atoms. The minimum Gasteiger partial charge on any atom is -0.469 e. The van der Waals surface area contributed by atoms with Crippen molar-refractivity contribution < 1.29 is 19.4 Å². The summed E-state index contributed by atoms with van der Waals surface area (Å²) < 4.78 is 4.79. The fraction of sp³-hybridized carbons (Fsp3) is 0.391. The van der Waals surface area contributed by atoms with Crippen LogP contribution in [-0.4, -0.2) is 42.1 Å². The number of nitrogens with zero attached hydrogens (tertiary/aromatic N) is 1. The number of hydrogen-bond donors (Lipinski definition) is 1. The number of aliphatic hydroxyl groups is 1. The molecule has 0 heterocycles. The number of hydrogen-bond acceptors (Lipinski definition) is 4. The quantitative estimate of drug-likeness (QED) is 0.708. The van der Waals surface area contributed by atoms with Gasteiger partial charge in [-0.25, -0.2) is 0 Å². The molecule has 2 rings (SSSR count). The van der Waals surface area contributed by atoms with Gasteiger partial charge >= 0.3 is 5.97 Å². The molecule has 1 N–H and O–H groups in total. The normalized spacial score (nSPS) is 15.2. The van der Waals surface area contributed by atoms with Crippen LogP contribution in [0.4, 0.5) is 0 Å². The molecule has 0 saturated carbocycles. The van der Waals surface area contributed by atoms with Gasteiger partial charge in [-0.3, -0.25) is 9.59 Å². The first kappa shape index (κ1) is 21.6. The molecule has 0 aliphatic carbocycles. The molecule has 0 fully saturated rings. The number of likely N-dealkylation sites (N-methyl/N-ethyl adjacent to an activating group) is 1. The van der Waals surface area contributed by atoms with Gasteiger partial charge in [-0.2, -0.15) is 0 Å². The Hall–Kier alpha value is -2.66. The van der Waals surface area contributed by atoms with Crippen LogP contribution in [0.5, 0.6) is 0 Å². The van der Waals surface area contributed by atoms with Gasteiger partial charge in [-0.15, -0.1) is 0 Å². The summed E-state index contributed by atoms with van der Waals surface area (Å²) in [5.41, 5.74) is 1.60. The van der Waals surface area contributed by atoms with Crippen LogP contribution in [0.25, 0.3) is 0 Å². The van der Waals surface area contributed by atoms with E-state index in [1.54, 1.807) is 11.9 Å². The number of amides is 1. The summed E-state index contributed by atoms with van der Waals surface area (Å²) in [4.78, 5) is 26.8. The number of carbonyl (C=O) groups is 2. The van der Waals surface area contributed by atoms with Gasteiger partial charge < -0.3 is 14.7 Å². The lowest BCUT2D eigenvalue weighted by atomic mass is 9.83. The van der Waals surface area contributed by atoms with Crippen molar-refractivity contribution in [2.24, 2.45) is 5.92 Å². The SMILES string of the molecule is COC(=O)C[C@@H](C)[C@@H](C(=O)N(C)[C@H](C)[C@H](O)c1ccccc1)c1ccccc1. The molecule has 0 spiro atoms. The Morgan fingerprint density at radius 3 is 1.96 bits per heavy atom. The largest absolute Gasteiger partial charge is 0.469 e. The topological polar surface area (TPSA) is 66.8 Å². The standard InChI is InChI=1S/C23H29NO4/c1-16(15-20(25)28-4)21(18-11-7-5-8-12-18)23(27)24(3)17(2)22(26)19-13-9-6-10-14-19/h5-14,16-17,21-22,26H,15H2,1-4H3/t16-,17-,21-,22+/m1/s1. The first-order chi connectivity index (χ1) is 13.4. The van der Waals surface area contributed by atoms with Crippen molar-refractivity contribution >= 4 is 11.9 Å². The monoisotopic (exact) mass is 383 g/mol. The lowest BCUT2D eigenvalue weighted by molar-refractivity contribution is -0.143. The van der Waals surface area contributed by atoms with Gasteiger partial charge in [0.25, 0.3) is 0 Å². The lowest BCUT2D eigenvalue weighted by Gasteiger charge is -2.34. The molecule has 2 aromatic carbocycles. The van der Waals surface area contributed by atoms with Crippen LogP contribution in [0.2, 0.25) is 0 Å². The summed E-state index contributed by atoms with van der Waals surface area (Å²) in [6.07, 6.45) is -0.659. The highest BCUT2D eigenvalue weighted by Crippen LogP contribution is 2.31. The number of rotatable bonds is 8.